The van der Waals surface area contributed by atoms with E-state index in [4.69, 9.17) is 9.47 Å². The first-order valence-corrected chi connectivity index (χ1v) is 6.48. The summed E-state index contributed by atoms with van der Waals surface area (Å²) < 4.78 is 12.8. The van der Waals surface area contributed by atoms with Gasteiger partial charge in [0.05, 0.1) is 5.69 Å². The van der Waals surface area contributed by atoms with E-state index in [9.17, 15) is 0 Å². The van der Waals surface area contributed by atoms with E-state index in [-0.39, 0.29) is 0 Å². The Balaban J connectivity index is 1.84. The molecule has 1 aromatic carbocycles. The fraction of sp³-hybridized carbons (Fsp3) is 0.357. The van der Waals surface area contributed by atoms with Crippen LogP contribution in [-0.4, -0.2) is 23.1 Å². The van der Waals surface area contributed by atoms with Crippen LogP contribution in [0.15, 0.2) is 18.2 Å². The smallest absolute Gasteiger partial charge is 0.231 e. The second-order valence-electron chi connectivity index (χ2n) is 4.89. The average Bonchev–Trinajstić information content (AvgIpc) is 3.03. The number of hydrogen-bond acceptors (Lipinski definition) is 4. The molecule has 2 aliphatic rings. The predicted molar refractivity (Wildman–Crippen MR) is 70.2 cm³/mol. The Morgan fingerprint density at radius 1 is 1.26 bits per heavy atom. The molecule has 4 rings (SSSR count). The van der Waals surface area contributed by atoms with Crippen molar-refractivity contribution in [3.8, 4) is 22.8 Å². The van der Waals surface area contributed by atoms with Crippen LogP contribution in [0.2, 0.25) is 0 Å². The molecule has 5 nitrogen and oxygen atoms in total. The zero-order valence-corrected chi connectivity index (χ0v) is 10.8. The molecule has 0 bridgehead atoms. The van der Waals surface area contributed by atoms with Crippen LogP contribution in [0.25, 0.3) is 11.3 Å². The van der Waals surface area contributed by atoms with Gasteiger partial charge in [0.2, 0.25) is 6.79 Å². The van der Waals surface area contributed by atoms with Gasteiger partial charge in [0, 0.05) is 43.4 Å². The van der Waals surface area contributed by atoms with Gasteiger partial charge >= 0.3 is 0 Å². The van der Waals surface area contributed by atoms with E-state index < -0.39 is 0 Å². The third kappa shape index (κ3) is 1.62. The van der Waals surface area contributed by atoms with Gasteiger partial charge in [0.15, 0.2) is 11.5 Å². The lowest BCUT2D eigenvalue weighted by Crippen LogP contribution is -2.24. The Morgan fingerprint density at radius 3 is 3.11 bits per heavy atom. The van der Waals surface area contributed by atoms with Crippen molar-refractivity contribution in [2.45, 2.75) is 13.0 Å². The van der Waals surface area contributed by atoms with Crippen LogP contribution in [0.4, 0.5) is 0 Å². The number of aromatic nitrogens is 2. The number of nitrogens with one attached hydrogen (secondary N) is 1. The Hall–Kier alpha value is -2.01. The molecule has 0 radical (unpaired) electrons. The lowest BCUT2D eigenvalue weighted by molar-refractivity contribution is 0.174. The van der Waals surface area contributed by atoms with Crippen LogP contribution < -0.4 is 14.8 Å². The Bertz CT molecular complexity index is 648. The summed E-state index contributed by atoms with van der Waals surface area (Å²) in [7, 11) is 2.01. The number of fused-ring (bicyclic) bond motifs is 2. The molecule has 19 heavy (non-hydrogen) atoms. The molecule has 5 heteroatoms. The summed E-state index contributed by atoms with van der Waals surface area (Å²) in [4.78, 5) is 0. The molecule has 1 N–H and O–H groups in total. The molecule has 3 heterocycles. The number of aryl methyl sites for hydroxylation is 1. The Labute approximate surface area is 111 Å². The quantitative estimate of drug-likeness (QED) is 0.840. The highest BCUT2D eigenvalue weighted by Gasteiger charge is 2.22. The molecule has 0 amide bonds. The maximum Gasteiger partial charge on any atom is 0.231 e. The van der Waals surface area contributed by atoms with Gasteiger partial charge in [-0.25, -0.2) is 0 Å². The Kier molecular flexibility index (Phi) is 2.29. The molecule has 0 saturated carbocycles. The Morgan fingerprint density at radius 2 is 2.16 bits per heavy atom. The zero-order chi connectivity index (χ0) is 12.8. The lowest BCUT2D eigenvalue weighted by atomic mass is 10.0. The maximum atomic E-state index is 5.44. The van der Waals surface area contributed by atoms with Gasteiger partial charge in [-0.05, 0) is 18.2 Å². The second kappa shape index (κ2) is 3.99. The number of ether oxygens (including phenoxy) is 2. The summed E-state index contributed by atoms with van der Waals surface area (Å²) in [6.45, 7) is 2.21. The number of nitrogens with zero attached hydrogens (tertiary/aromatic N) is 2. The van der Waals surface area contributed by atoms with Gasteiger partial charge in [-0.1, -0.05) is 0 Å². The minimum Gasteiger partial charge on any atom is -0.454 e. The first-order chi connectivity index (χ1) is 9.33. The fourth-order valence-electron chi connectivity index (χ4n) is 2.80. The van der Waals surface area contributed by atoms with Crippen molar-refractivity contribution in [2.75, 3.05) is 13.3 Å². The minimum absolute atomic E-state index is 0.306. The van der Waals surface area contributed by atoms with Crippen LogP contribution in [-0.2, 0) is 20.0 Å². The van der Waals surface area contributed by atoms with Gasteiger partial charge in [0.1, 0.15) is 0 Å². The zero-order valence-electron chi connectivity index (χ0n) is 10.8. The summed E-state index contributed by atoms with van der Waals surface area (Å²) in [5.74, 6) is 1.62. The van der Waals surface area contributed by atoms with E-state index >= 15 is 0 Å². The molecule has 0 aliphatic carbocycles. The monoisotopic (exact) mass is 257 g/mol. The van der Waals surface area contributed by atoms with Crippen molar-refractivity contribution >= 4 is 0 Å². The second-order valence-corrected chi connectivity index (χ2v) is 4.89. The third-order valence-corrected chi connectivity index (χ3v) is 3.76. The summed E-state index contributed by atoms with van der Waals surface area (Å²) in [6.07, 6.45) is 1.03. The topological polar surface area (TPSA) is 48.3 Å². The molecule has 2 aliphatic heterocycles. The highest BCUT2D eigenvalue weighted by molar-refractivity contribution is 5.68. The van der Waals surface area contributed by atoms with Crippen molar-refractivity contribution in [3.63, 3.8) is 0 Å². The average molecular weight is 257 g/mol. The first-order valence-electron chi connectivity index (χ1n) is 6.48. The highest BCUT2D eigenvalue weighted by atomic mass is 16.7. The van der Waals surface area contributed by atoms with Gasteiger partial charge in [-0.2, -0.15) is 5.10 Å². The van der Waals surface area contributed by atoms with E-state index in [2.05, 4.69) is 10.4 Å². The van der Waals surface area contributed by atoms with Crippen molar-refractivity contribution in [1.29, 1.82) is 0 Å². The van der Waals surface area contributed by atoms with Crippen LogP contribution in [0.1, 0.15) is 11.3 Å². The summed E-state index contributed by atoms with van der Waals surface area (Å²) in [5.41, 5.74) is 4.76. The molecule has 0 atom stereocenters. The van der Waals surface area contributed by atoms with Gasteiger partial charge in [0.25, 0.3) is 0 Å². The molecule has 0 fully saturated rings. The summed E-state index contributed by atoms with van der Waals surface area (Å²) in [6, 6.07) is 6.01. The van der Waals surface area contributed by atoms with E-state index in [1.807, 2.05) is 29.9 Å². The normalized spacial score (nSPS) is 16.5. The molecule has 0 spiro atoms. The van der Waals surface area contributed by atoms with E-state index in [0.717, 1.165) is 42.3 Å². The molecule has 0 saturated heterocycles. The lowest BCUT2D eigenvalue weighted by Gasteiger charge is -2.14. The predicted octanol–water partition coefficient (Wildman–Crippen LogP) is 1.46. The molecular weight excluding hydrogens is 242 g/mol. The van der Waals surface area contributed by atoms with Gasteiger partial charge in [-0.15, -0.1) is 0 Å². The number of rotatable bonds is 1. The molecular formula is C14H15N3O2. The SMILES string of the molecule is Cn1nc(-c2ccc3c(c2)OCO3)c2c1CCNC2. The van der Waals surface area contributed by atoms with Crippen molar-refractivity contribution in [1.82, 2.24) is 15.1 Å². The van der Waals surface area contributed by atoms with E-state index in [1.165, 1.54) is 11.3 Å². The van der Waals surface area contributed by atoms with Crippen LogP contribution >= 0.6 is 0 Å². The molecule has 1 aromatic heterocycles. The largest absolute Gasteiger partial charge is 0.454 e. The van der Waals surface area contributed by atoms with Gasteiger partial charge < -0.3 is 14.8 Å². The minimum atomic E-state index is 0.306. The standard InChI is InChI=1S/C14H15N3O2/c1-17-11-4-5-15-7-10(11)14(16-17)9-2-3-12-13(6-9)19-8-18-12/h2-3,6,15H,4-5,7-8H2,1H3. The van der Waals surface area contributed by atoms with Crippen LogP contribution in [0.5, 0.6) is 11.5 Å². The van der Waals surface area contributed by atoms with Crippen molar-refractivity contribution < 1.29 is 9.47 Å². The first kappa shape index (κ1) is 10.9. The summed E-state index contributed by atoms with van der Waals surface area (Å²) in [5, 5.41) is 8.08. The van der Waals surface area contributed by atoms with Crippen molar-refractivity contribution in [2.24, 2.45) is 7.05 Å². The molecule has 0 unspecified atom stereocenters. The van der Waals surface area contributed by atoms with Crippen molar-refractivity contribution in [3.05, 3.63) is 29.5 Å². The molecule has 98 valence electrons. The fourth-order valence-corrected chi connectivity index (χ4v) is 2.80. The molecule has 2 aromatic rings. The van der Waals surface area contributed by atoms with E-state index in [1.54, 1.807) is 0 Å². The van der Waals surface area contributed by atoms with Gasteiger partial charge in [-0.3, -0.25) is 4.68 Å². The third-order valence-electron chi connectivity index (χ3n) is 3.76. The highest BCUT2D eigenvalue weighted by Crippen LogP contribution is 2.37. The van der Waals surface area contributed by atoms with Crippen LogP contribution in [0, 0.1) is 0 Å². The van der Waals surface area contributed by atoms with Crippen LogP contribution in [0.3, 0.4) is 0 Å². The van der Waals surface area contributed by atoms with E-state index in [0.29, 0.717) is 6.79 Å². The number of benzene rings is 1. The maximum absolute atomic E-state index is 5.44. The summed E-state index contributed by atoms with van der Waals surface area (Å²) >= 11 is 0. The number of hydrogen-bond donors (Lipinski definition) is 1.